The Morgan fingerprint density at radius 3 is 2.95 bits per heavy atom. The van der Waals surface area contributed by atoms with Crippen LogP contribution in [0, 0.1) is 5.82 Å². The molecule has 100 valence electrons. The molecule has 0 spiro atoms. The molecule has 2 aromatic rings. The Bertz CT molecular complexity index is 555. The van der Waals surface area contributed by atoms with Crippen LogP contribution < -0.4 is 10.6 Å². The van der Waals surface area contributed by atoms with Crippen LogP contribution in [0.3, 0.4) is 0 Å². The van der Waals surface area contributed by atoms with Crippen molar-refractivity contribution in [2.24, 2.45) is 0 Å². The molecule has 1 heterocycles. The lowest BCUT2D eigenvalue weighted by molar-refractivity contribution is -0.116. The minimum Gasteiger partial charge on any atom is -0.326 e. The van der Waals surface area contributed by atoms with E-state index in [4.69, 9.17) is 0 Å². The molecule has 1 aromatic carbocycles. The van der Waals surface area contributed by atoms with Gasteiger partial charge in [0.15, 0.2) is 5.82 Å². The second-order valence-electron chi connectivity index (χ2n) is 3.91. The van der Waals surface area contributed by atoms with Gasteiger partial charge in [-0.25, -0.2) is 14.1 Å². The molecule has 0 aliphatic rings. The Morgan fingerprint density at radius 1 is 1.47 bits per heavy atom. The number of nitrogens with one attached hydrogen (secondary N) is 2. The molecule has 2 rings (SSSR count). The number of aromatic nitrogens is 3. The van der Waals surface area contributed by atoms with E-state index >= 15 is 0 Å². The molecule has 1 amide bonds. The van der Waals surface area contributed by atoms with Crippen LogP contribution in [-0.4, -0.2) is 34.3 Å². The zero-order chi connectivity index (χ0) is 13.7. The molecule has 0 radical (unpaired) electrons. The number of carbonyl (C=O) groups is 1. The Labute approximate surface area is 109 Å². The van der Waals surface area contributed by atoms with Gasteiger partial charge in [-0.1, -0.05) is 0 Å². The summed E-state index contributed by atoms with van der Waals surface area (Å²) in [6.07, 6.45) is 3.07. The minimum absolute atomic E-state index is 0.165. The lowest BCUT2D eigenvalue weighted by atomic mass is 10.2. The van der Waals surface area contributed by atoms with E-state index in [2.05, 4.69) is 20.7 Å². The van der Waals surface area contributed by atoms with Crippen molar-refractivity contribution in [1.29, 1.82) is 0 Å². The van der Waals surface area contributed by atoms with Crippen molar-refractivity contribution in [3.8, 4) is 5.69 Å². The van der Waals surface area contributed by atoms with E-state index in [0.29, 0.717) is 18.7 Å². The monoisotopic (exact) mass is 263 g/mol. The van der Waals surface area contributed by atoms with Crippen molar-refractivity contribution < 1.29 is 9.18 Å². The maximum Gasteiger partial charge on any atom is 0.225 e. The van der Waals surface area contributed by atoms with Crippen LogP contribution in [0.2, 0.25) is 0 Å². The molecule has 7 heteroatoms. The van der Waals surface area contributed by atoms with Crippen LogP contribution in [0.25, 0.3) is 5.69 Å². The Morgan fingerprint density at radius 2 is 2.32 bits per heavy atom. The normalized spacial score (nSPS) is 10.4. The van der Waals surface area contributed by atoms with E-state index in [1.54, 1.807) is 13.1 Å². The molecule has 2 N–H and O–H groups in total. The summed E-state index contributed by atoms with van der Waals surface area (Å²) >= 11 is 0. The summed E-state index contributed by atoms with van der Waals surface area (Å²) in [5.41, 5.74) is 0.702. The van der Waals surface area contributed by atoms with Crippen LogP contribution in [0.5, 0.6) is 0 Å². The van der Waals surface area contributed by atoms with Crippen LogP contribution in [0.4, 0.5) is 10.1 Å². The average Bonchev–Trinajstić information content (AvgIpc) is 2.90. The quantitative estimate of drug-likeness (QED) is 0.842. The van der Waals surface area contributed by atoms with Crippen molar-refractivity contribution in [3.05, 3.63) is 36.7 Å². The number of hydrogen-bond donors (Lipinski definition) is 2. The summed E-state index contributed by atoms with van der Waals surface area (Å²) in [6.45, 7) is 0.575. The molecule has 0 fully saturated rings. The zero-order valence-corrected chi connectivity index (χ0v) is 10.4. The van der Waals surface area contributed by atoms with Gasteiger partial charge in [-0.15, -0.1) is 0 Å². The van der Waals surface area contributed by atoms with E-state index in [9.17, 15) is 9.18 Å². The second kappa shape index (κ2) is 6.05. The van der Waals surface area contributed by atoms with E-state index in [1.165, 1.54) is 29.5 Å². The van der Waals surface area contributed by atoms with E-state index in [1.807, 2.05) is 0 Å². The van der Waals surface area contributed by atoms with Crippen molar-refractivity contribution in [1.82, 2.24) is 20.1 Å². The molecular formula is C12H14FN5O. The van der Waals surface area contributed by atoms with Gasteiger partial charge >= 0.3 is 0 Å². The van der Waals surface area contributed by atoms with Gasteiger partial charge in [0.05, 0.1) is 0 Å². The molecule has 19 heavy (non-hydrogen) atoms. The minimum atomic E-state index is -0.475. The molecular weight excluding hydrogens is 249 g/mol. The highest BCUT2D eigenvalue weighted by Gasteiger charge is 2.08. The van der Waals surface area contributed by atoms with Crippen molar-refractivity contribution >= 4 is 11.6 Å². The van der Waals surface area contributed by atoms with E-state index in [-0.39, 0.29) is 11.6 Å². The smallest absolute Gasteiger partial charge is 0.225 e. The lowest BCUT2D eigenvalue weighted by Gasteiger charge is -2.07. The van der Waals surface area contributed by atoms with E-state index in [0.717, 1.165) is 0 Å². The SMILES string of the molecule is CNCCC(=O)Nc1ccc(-n2cncn2)c(F)c1. The molecule has 0 aliphatic carbocycles. The number of rotatable bonds is 5. The lowest BCUT2D eigenvalue weighted by Crippen LogP contribution is -2.18. The number of halogens is 1. The van der Waals surface area contributed by atoms with Crippen molar-refractivity contribution in [2.45, 2.75) is 6.42 Å². The van der Waals surface area contributed by atoms with Gasteiger partial charge in [0.2, 0.25) is 5.91 Å². The summed E-state index contributed by atoms with van der Waals surface area (Å²) < 4.78 is 15.2. The number of hydrogen-bond acceptors (Lipinski definition) is 4. The fourth-order valence-corrected chi connectivity index (χ4v) is 1.57. The maximum absolute atomic E-state index is 13.9. The van der Waals surface area contributed by atoms with Crippen LogP contribution in [0.1, 0.15) is 6.42 Å². The van der Waals surface area contributed by atoms with Gasteiger partial charge in [0.25, 0.3) is 0 Å². The molecule has 0 saturated carbocycles. The maximum atomic E-state index is 13.9. The molecule has 0 bridgehead atoms. The molecule has 6 nitrogen and oxygen atoms in total. The Balaban J connectivity index is 2.09. The number of amides is 1. The molecule has 0 unspecified atom stereocenters. The predicted molar refractivity (Wildman–Crippen MR) is 68.5 cm³/mol. The summed E-state index contributed by atoms with van der Waals surface area (Å²) in [5, 5.41) is 9.34. The van der Waals surface area contributed by atoms with Gasteiger partial charge < -0.3 is 10.6 Å². The summed E-state index contributed by atoms with van der Waals surface area (Å²) in [7, 11) is 1.76. The topological polar surface area (TPSA) is 71.8 Å². The van der Waals surface area contributed by atoms with Crippen molar-refractivity contribution in [2.75, 3.05) is 18.9 Å². The van der Waals surface area contributed by atoms with Gasteiger partial charge in [-0.05, 0) is 25.2 Å². The summed E-state index contributed by atoms with van der Waals surface area (Å²) in [4.78, 5) is 15.2. The molecule has 0 aliphatic heterocycles. The van der Waals surface area contributed by atoms with Crippen LogP contribution in [-0.2, 0) is 4.79 Å². The fourth-order valence-electron chi connectivity index (χ4n) is 1.57. The van der Waals surface area contributed by atoms with Crippen LogP contribution in [0.15, 0.2) is 30.9 Å². The van der Waals surface area contributed by atoms with Gasteiger partial charge in [-0.3, -0.25) is 4.79 Å². The Kier molecular flexibility index (Phi) is 4.19. The summed E-state index contributed by atoms with van der Waals surface area (Å²) in [5.74, 6) is -0.640. The van der Waals surface area contributed by atoms with Gasteiger partial charge in [-0.2, -0.15) is 5.10 Å². The fraction of sp³-hybridized carbons (Fsp3) is 0.250. The first-order chi connectivity index (χ1) is 9.20. The first-order valence-electron chi connectivity index (χ1n) is 5.79. The number of carbonyl (C=O) groups excluding carboxylic acids is 1. The second-order valence-corrected chi connectivity index (χ2v) is 3.91. The van der Waals surface area contributed by atoms with Gasteiger partial charge in [0.1, 0.15) is 18.3 Å². The first kappa shape index (κ1) is 13.2. The average molecular weight is 263 g/mol. The third-order valence-corrected chi connectivity index (χ3v) is 2.50. The number of anilines is 1. The van der Waals surface area contributed by atoms with E-state index < -0.39 is 5.82 Å². The highest BCUT2D eigenvalue weighted by Crippen LogP contribution is 2.17. The third kappa shape index (κ3) is 3.35. The molecule has 1 aromatic heterocycles. The highest BCUT2D eigenvalue weighted by molar-refractivity contribution is 5.90. The summed E-state index contributed by atoms with van der Waals surface area (Å²) in [6, 6.07) is 4.42. The molecule has 0 atom stereocenters. The third-order valence-electron chi connectivity index (χ3n) is 2.50. The standard InChI is InChI=1S/C12H14FN5O/c1-14-5-4-12(19)17-9-2-3-11(10(13)6-9)18-8-15-7-16-18/h2-3,6-8,14H,4-5H2,1H3,(H,17,19). The number of benzene rings is 1. The van der Waals surface area contributed by atoms with Gasteiger partial charge in [0, 0.05) is 18.7 Å². The van der Waals surface area contributed by atoms with Crippen LogP contribution >= 0.6 is 0 Å². The zero-order valence-electron chi connectivity index (χ0n) is 10.4. The molecule has 0 saturated heterocycles. The number of nitrogens with zero attached hydrogens (tertiary/aromatic N) is 3. The Hall–Kier alpha value is -2.28. The largest absolute Gasteiger partial charge is 0.326 e. The first-order valence-corrected chi connectivity index (χ1v) is 5.79. The van der Waals surface area contributed by atoms with Crippen molar-refractivity contribution in [3.63, 3.8) is 0 Å². The predicted octanol–water partition coefficient (Wildman–Crippen LogP) is 0.954. The highest BCUT2D eigenvalue weighted by atomic mass is 19.1.